The molecular formula is C17H24O4. The number of rotatable bonds is 6. The van der Waals surface area contributed by atoms with Gasteiger partial charge in [-0.2, -0.15) is 0 Å². The topological polar surface area (TPSA) is 44.8 Å². The Hall–Kier alpha value is -1.71. The van der Waals surface area contributed by atoms with Gasteiger partial charge in [-0.3, -0.25) is 4.79 Å². The van der Waals surface area contributed by atoms with E-state index >= 15 is 0 Å². The van der Waals surface area contributed by atoms with Crippen molar-refractivity contribution in [3.05, 3.63) is 23.8 Å². The number of carbonyl (C=O) groups is 1. The maximum atomic E-state index is 12.0. The summed E-state index contributed by atoms with van der Waals surface area (Å²) in [6, 6.07) is 5.90. The number of ether oxygens (including phenoxy) is 3. The van der Waals surface area contributed by atoms with Crippen LogP contribution in [0.15, 0.2) is 18.2 Å². The maximum absolute atomic E-state index is 12.0. The van der Waals surface area contributed by atoms with Gasteiger partial charge in [0, 0.05) is 6.07 Å². The number of hydrogen-bond donors (Lipinski definition) is 0. The van der Waals surface area contributed by atoms with E-state index in [1.807, 2.05) is 25.1 Å². The van der Waals surface area contributed by atoms with Gasteiger partial charge in [-0.25, -0.2) is 0 Å². The lowest BCUT2D eigenvalue weighted by Crippen LogP contribution is -2.23. The van der Waals surface area contributed by atoms with Crippen LogP contribution in [-0.2, 0) is 16.0 Å². The monoisotopic (exact) mass is 292 g/mol. The summed E-state index contributed by atoms with van der Waals surface area (Å²) in [4.78, 5) is 12.0. The van der Waals surface area contributed by atoms with Gasteiger partial charge in [-0.15, -0.1) is 0 Å². The van der Waals surface area contributed by atoms with Crippen molar-refractivity contribution < 1.29 is 19.0 Å². The standard InChI is InChI=1S/C17H24O4/c1-4-21-17(18)16-7-5-6-13(16)8-12-9-14(19-2)11-15(10-12)20-3/h9-11,13,16H,4-8H2,1-3H3/t13-,16-/m0/s1. The van der Waals surface area contributed by atoms with Crippen molar-refractivity contribution in [2.75, 3.05) is 20.8 Å². The highest BCUT2D eigenvalue weighted by molar-refractivity contribution is 5.73. The van der Waals surface area contributed by atoms with Gasteiger partial charge in [0.05, 0.1) is 26.7 Å². The molecule has 1 saturated carbocycles. The predicted octanol–water partition coefficient (Wildman–Crippen LogP) is 3.23. The second-order valence-electron chi connectivity index (χ2n) is 5.47. The number of carbonyl (C=O) groups excluding carboxylic acids is 1. The average Bonchev–Trinajstić information content (AvgIpc) is 2.95. The van der Waals surface area contributed by atoms with Crippen LogP contribution < -0.4 is 9.47 Å². The quantitative estimate of drug-likeness (QED) is 0.755. The molecular weight excluding hydrogens is 268 g/mol. The molecule has 1 fully saturated rings. The van der Waals surface area contributed by atoms with Crippen LogP contribution in [0.5, 0.6) is 11.5 Å². The first-order chi connectivity index (χ1) is 10.2. The van der Waals surface area contributed by atoms with Crippen LogP contribution in [0.3, 0.4) is 0 Å². The molecule has 116 valence electrons. The zero-order valence-electron chi connectivity index (χ0n) is 13.1. The van der Waals surface area contributed by atoms with Crippen LogP contribution in [-0.4, -0.2) is 26.8 Å². The molecule has 0 heterocycles. The van der Waals surface area contributed by atoms with E-state index < -0.39 is 0 Å². The van der Waals surface area contributed by atoms with Crippen LogP contribution in [0.2, 0.25) is 0 Å². The fraction of sp³-hybridized carbons (Fsp3) is 0.588. The first-order valence-electron chi connectivity index (χ1n) is 7.56. The Balaban J connectivity index is 2.11. The van der Waals surface area contributed by atoms with Gasteiger partial charge in [-0.1, -0.05) is 6.42 Å². The molecule has 2 rings (SSSR count). The molecule has 4 heteroatoms. The highest BCUT2D eigenvalue weighted by Gasteiger charge is 2.34. The molecule has 21 heavy (non-hydrogen) atoms. The van der Waals surface area contributed by atoms with Gasteiger partial charge in [0.2, 0.25) is 0 Å². The molecule has 0 radical (unpaired) electrons. The third kappa shape index (κ3) is 3.90. The van der Waals surface area contributed by atoms with E-state index in [2.05, 4.69) is 0 Å². The van der Waals surface area contributed by atoms with Crippen LogP contribution in [0.1, 0.15) is 31.7 Å². The summed E-state index contributed by atoms with van der Waals surface area (Å²) in [5, 5.41) is 0. The molecule has 2 atom stereocenters. The summed E-state index contributed by atoms with van der Waals surface area (Å²) in [6.45, 7) is 2.31. The highest BCUT2D eigenvalue weighted by Crippen LogP contribution is 2.36. The Labute approximate surface area is 126 Å². The molecule has 0 unspecified atom stereocenters. The molecule has 0 aromatic heterocycles. The lowest BCUT2D eigenvalue weighted by Gasteiger charge is -2.18. The second kappa shape index (κ2) is 7.34. The zero-order valence-corrected chi connectivity index (χ0v) is 13.1. The molecule has 0 N–H and O–H groups in total. The Bertz CT molecular complexity index is 461. The van der Waals surface area contributed by atoms with Crippen LogP contribution in [0, 0.1) is 11.8 Å². The molecule has 0 amide bonds. The number of methoxy groups -OCH3 is 2. The summed E-state index contributed by atoms with van der Waals surface area (Å²) in [6.07, 6.45) is 3.96. The first kappa shape index (κ1) is 15.7. The number of esters is 1. The summed E-state index contributed by atoms with van der Waals surface area (Å²) in [5.41, 5.74) is 1.15. The molecule has 1 aromatic rings. The minimum Gasteiger partial charge on any atom is -0.497 e. The fourth-order valence-electron chi connectivity index (χ4n) is 3.13. The lowest BCUT2D eigenvalue weighted by atomic mass is 9.89. The van der Waals surface area contributed by atoms with E-state index in [1.54, 1.807) is 14.2 Å². The SMILES string of the molecule is CCOC(=O)[C@H]1CCC[C@H]1Cc1cc(OC)cc(OC)c1. The Morgan fingerprint density at radius 1 is 1.14 bits per heavy atom. The van der Waals surface area contributed by atoms with Crippen LogP contribution in [0.25, 0.3) is 0 Å². The van der Waals surface area contributed by atoms with Gasteiger partial charge < -0.3 is 14.2 Å². The van der Waals surface area contributed by atoms with Crippen molar-refractivity contribution in [2.24, 2.45) is 11.8 Å². The summed E-state index contributed by atoms with van der Waals surface area (Å²) in [7, 11) is 3.30. The maximum Gasteiger partial charge on any atom is 0.309 e. The first-order valence-corrected chi connectivity index (χ1v) is 7.56. The van der Waals surface area contributed by atoms with Gasteiger partial charge in [-0.05, 0) is 49.8 Å². The molecule has 0 bridgehead atoms. The second-order valence-corrected chi connectivity index (χ2v) is 5.47. The van der Waals surface area contributed by atoms with E-state index in [4.69, 9.17) is 14.2 Å². The third-order valence-corrected chi connectivity index (χ3v) is 4.16. The Morgan fingerprint density at radius 3 is 2.38 bits per heavy atom. The Kier molecular flexibility index (Phi) is 5.48. The molecule has 1 aliphatic carbocycles. The van der Waals surface area contributed by atoms with Crippen molar-refractivity contribution in [3.63, 3.8) is 0 Å². The van der Waals surface area contributed by atoms with Crippen molar-refractivity contribution in [1.82, 2.24) is 0 Å². The lowest BCUT2D eigenvalue weighted by molar-refractivity contribution is -0.149. The van der Waals surface area contributed by atoms with Gasteiger partial charge in [0.25, 0.3) is 0 Å². The smallest absolute Gasteiger partial charge is 0.309 e. The van der Waals surface area contributed by atoms with E-state index in [1.165, 1.54) is 0 Å². The zero-order chi connectivity index (χ0) is 15.2. The van der Waals surface area contributed by atoms with Crippen molar-refractivity contribution in [2.45, 2.75) is 32.6 Å². The molecule has 4 nitrogen and oxygen atoms in total. The fourth-order valence-corrected chi connectivity index (χ4v) is 3.13. The number of benzene rings is 1. The van der Waals surface area contributed by atoms with Gasteiger partial charge >= 0.3 is 5.97 Å². The minimum atomic E-state index is -0.0464. The van der Waals surface area contributed by atoms with E-state index in [0.717, 1.165) is 42.7 Å². The van der Waals surface area contributed by atoms with Crippen molar-refractivity contribution in [3.8, 4) is 11.5 Å². The molecule has 1 aliphatic rings. The minimum absolute atomic E-state index is 0.0298. The summed E-state index contributed by atoms with van der Waals surface area (Å²) < 4.78 is 15.8. The van der Waals surface area contributed by atoms with Crippen LogP contribution in [0.4, 0.5) is 0 Å². The van der Waals surface area contributed by atoms with Crippen molar-refractivity contribution in [1.29, 1.82) is 0 Å². The van der Waals surface area contributed by atoms with E-state index in [-0.39, 0.29) is 11.9 Å². The van der Waals surface area contributed by atoms with Gasteiger partial charge in [0.15, 0.2) is 0 Å². The molecule has 0 aliphatic heterocycles. The Morgan fingerprint density at radius 2 is 1.81 bits per heavy atom. The van der Waals surface area contributed by atoms with Crippen LogP contribution >= 0.6 is 0 Å². The molecule has 1 aromatic carbocycles. The van der Waals surface area contributed by atoms with E-state index in [0.29, 0.717) is 12.5 Å². The normalized spacial score (nSPS) is 21.1. The summed E-state index contributed by atoms with van der Waals surface area (Å²) >= 11 is 0. The summed E-state index contributed by atoms with van der Waals surface area (Å²) in [5.74, 6) is 1.91. The predicted molar refractivity (Wildman–Crippen MR) is 80.7 cm³/mol. The largest absolute Gasteiger partial charge is 0.497 e. The third-order valence-electron chi connectivity index (χ3n) is 4.16. The highest BCUT2D eigenvalue weighted by atomic mass is 16.5. The van der Waals surface area contributed by atoms with Gasteiger partial charge in [0.1, 0.15) is 11.5 Å². The molecule has 0 spiro atoms. The average molecular weight is 292 g/mol. The molecule has 0 saturated heterocycles. The van der Waals surface area contributed by atoms with Crippen molar-refractivity contribution >= 4 is 5.97 Å². The van der Waals surface area contributed by atoms with E-state index in [9.17, 15) is 4.79 Å². The number of hydrogen-bond acceptors (Lipinski definition) is 4.